The molecule has 0 saturated carbocycles. The molecule has 0 N–H and O–H groups in total. The molecule has 0 fully saturated rings. The second-order valence-electron chi connectivity index (χ2n) is 4.47. The van der Waals surface area contributed by atoms with Crippen molar-refractivity contribution in [2.24, 2.45) is 0 Å². The molecule has 0 aliphatic heterocycles. The maximum Gasteiger partial charge on any atom is 0.291 e. The van der Waals surface area contributed by atoms with E-state index in [1.165, 1.54) is 15.9 Å². The quantitative estimate of drug-likeness (QED) is 0.569. The van der Waals surface area contributed by atoms with E-state index in [2.05, 4.69) is 10.1 Å². The van der Waals surface area contributed by atoms with Gasteiger partial charge in [0.05, 0.1) is 4.88 Å². The van der Waals surface area contributed by atoms with Gasteiger partial charge in [-0.3, -0.25) is 4.79 Å². The Kier molecular flexibility index (Phi) is 2.76. The van der Waals surface area contributed by atoms with Crippen molar-refractivity contribution in [1.29, 1.82) is 0 Å². The van der Waals surface area contributed by atoms with Gasteiger partial charge in [-0.15, -0.1) is 16.4 Å². The predicted molar refractivity (Wildman–Crippen MR) is 82.7 cm³/mol. The van der Waals surface area contributed by atoms with Crippen LogP contribution in [-0.4, -0.2) is 14.6 Å². The molecule has 4 rings (SSSR count). The third-order valence-electron chi connectivity index (χ3n) is 2.96. The number of hydrogen-bond donors (Lipinski definition) is 0. The maximum atomic E-state index is 12.3. The van der Waals surface area contributed by atoms with Crippen LogP contribution in [0.15, 0.2) is 38.9 Å². The first kappa shape index (κ1) is 12.5. The van der Waals surface area contributed by atoms with Crippen molar-refractivity contribution in [2.45, 2.75) is 6.92 Å². The lowest BCUT2D eigenvalue weighted by molar-refractivity contribution is 0.525. The first-order valence-corrected chi connectivity index (χ1v) is 7.92. The first-order chi connectivity index (χ1) is 10.2. The summed E-state index contributed by atoms with van der Waals surface area (Å²) in [4.78, 5) is 18.3. The Morgan fingerprint density at radius 1 is 1.33 bits per heavy atom. The summed E-state index contributed by atoms with van der Waals surface area (Å²) in [7, 11) is 0. The smallest absolute Gasteiger partial charge is 0.291 e. The molecule has 4 heterocycles. The molecular weight excluding hydrogens is 306 g/mol. The van der Waals surface area contributed by atoms with Gasteiger partial charge in [0.25, 0.3) is 5.56 Å². The Morgan fingerprint density at radius 2 is 2.24 bits per heavy atom. The van der Waals surface area contributed by atoms with Crippen LogP contribution in [0.5, 0.6) is 0 Å². The van der Waals surface area contributed by atoms with E-state index in [9.17, 15) is 4.79 Å². The van der Waals surface area contributed by atoms with Crippen LogP contribution in [0.3, 0.4) is 0 Å². The topological polar surface area (TPSA) is 60.4 Å². The van der Waals surface area contributed by atoms with E-state index >= 15 is 0 Å². The van der Waals surface area contributed by atoms with Crippen molar-refractivity contribution in [3.05, 3.63) is 56.1 Å². The molecule has 0 saturated heterocycles. The molecule has 0 radical (unpaired) electrons. The summed E-state index contributed by atoms with van der Waals surface area (Å²) >= 11 is 2.86. The normalized spacial score (nSPS) is 12.5. The van der Waals surface area contributed by atoms with Gasteiger partial charge in [-0.05, 0) is 30.5 Å². The molecule has 0 amide bonds. The second kappa shape index (κ2) is 4.64. The zero-order valence-corrected chi connectivity index (χ0v) is 12.6. The van der Waals surface area contributed by atoms with Gasteiger partial charge in [0.1, 0.15) is 16.1 Å². The monoisotopic (exact) mass is 315 g/mol. The fourth-order valence-electron chi connectivity index (χ4n) is 2.00. The Balaban J connectivity index is 1.86. The molecule has 0 aliphatic carbocycles. The average molecular weight is 315 g/mol. The van der Waals surface area contributed by atoms with Crippen molar-refractivity contribution in [3.63, 3.8) is 0 Å². The zero-order valence-electron chi connectivity index (χ0n) is 10.9. The van der Waals surface area contributed by atoms with Crippen molar-refractivity contribution < 1.29 is 4.42 Å². The molecular formula is C14H9N3O2S2. The van der Waals surface area contributed by atoms with Gasteiger partial charge in [-0.1, -0.05) is 17.4 Å². The highest BCUT2D eigenvalue weighted by molar-refractivity contribution is 7.15. The van der Waals surface area contributed by atoms with Gasteiger partial charge in [-0.2, -0.15) is 9.50 Å². The predicted octanol–water partition coefficient (Wildman–Crippen LogP) is 2.33. The Bertz CT molecular complexity index is 1020. The van der Waals surface area contributed by atoms with Crippen LogP contribution in [0.2, 0.25) is 0 Å². The third kappa shape index (κ3) is 2.10. The summed E-state index contributed by atoms with van der Waals surface area (Å²) in [5.41, 5.74) is -0.167. The maximum absolute atomic E-state index is 12.3. The number of aromatic nitrogens is 3. The standard InChI is InChI=1S/C14H9N3O2S2/c1-8-4-5-9(19-8)7-11-13(18)17-14(21-11)15-12(16-17)10-3-2-6-20-10/h2-7H,1H3/b11-7+. The number of thiophene rings is 1. The molecule has 4 aromatic heterocycles. The van der Waals surface area contributed by atoms with Crippen LogP contribution < -0.4 is 10.1 Å². The summed E-state index contributed by atoms with van der Waals surface area (Å²) in [6.07, 6.45) is 1.72. The minimum absolute atomic E-state index is 0.167. The molecule has 0 aromatic carbocycles. The van der Waals surface area contributed by atoms with Crippen LogP contribution in [0.25, 0.3) is 21.7 Å². The third-order valence-corrected chi connectivity index (χ3v) is 4.78. The molecule has 5 nitrogen and oxygen atoms in total. The SMILES string of the molecule is Cc1ccc(/C=c2/sc3nc(-c4cccs4)nn3c2=O)o1. The number of aryl methyl sites for hydroxylation is 1. The lowest BCUT2D eigenvalue weighted by Crippen LogP contribution is -2.23. The van der Waals surface area contributed by atoms with Crippen LogP contribution in [0.4, 0.5) is 0 Å². The number of nitrogens with zero attached hydrogens (tertiary/aromatic N) is 3. The van der Waals surface area contributed by atoms with E-state index < -0.39 is 0 Å². The van der Waals surface area contributed by atoms with Gasteiger partial charge >= 0.3 is 0 Å². The highest BCUT2D eigenvalue weighted by Gasteiger charge is 2.12. The van der Waals surface area contributed by atoms with Gasteiger partial charge in [0.15, 0.2) is 5.82 Å². The minimum atomic E-state index is -0.167. The van der Waals surface area contributed by atoms with Crippen molar-refractivity contribution in [3.8, 4) is 10.7 Å². The van der Waals surface area contributed by atoms with Crippen molar-refractivity contribution in [1.82, 2.24) is 14.6 Å². The van der Waals surface area contributed by atoms with Crippen molar-refractivity contribution >= 4 is 33.7 Å². The zero-order chi connectivity index (χ0) is 14.4. The average Bonchev–Trinajstić information content (AvgIpc) is 3.18. The van der Waals surface area contributed by atoms with E-state index in [1.807, 2.05) is 36.6 Å². The summed E-state index contributed by atoms with van der Waals surface area (Å²) in [6, 6.07) is 7.57. The van der Waals surface area contributed by atoms with E-state index in [1.54, 1.807) is 17.4 Å². The minimum Gasteiger partial charge on any atom is -0.462 e. The lowest BCUT2D eigenvalue weighted by Gasteiger charge is -1.84. The van der Waals surface area contributed by atoms with Crippen LogP contribution in [-0.2, 0) is 0 Å². The number of thiazole rings is 1. The first-order valence-electron chi connectivity index (χ1n) is 6.22. The molecule has 0 atom stereocenters. The summed E-state index contributed by atoms with van der Waals surface area (Å²) in [6.45, 7) is 1.87. The molecule has 0 aliphatic rings. The number of fused-ring (bicyclic) bond motifs is 1. The van der Waals surface area contributed by atoms with Crippen LogP contribution in [0, 0.1) is 6.92 Å². The molecule has 7 heteroatoms. The highest BCUT2D eigenvalue weighted by atomic mass is 32.1. The molecule has 0 bridgehead atoms. The molecule has 104 valence electrons. The molecule has 0 spiro atoms. The fourth-order valence-corrected chi connectivity index (χ4v) is 3.54. The Labute approximate surface area is 126 Å². The summed E-state index contributed by atoms with van der Waals surface area (Å²) in [5.74, 6) is 2.06. The fraction of sp³-hybridized carbons (Fsp3) is 0.0714. The van der Waals surface area contributed by atoms with E-state index in [0.717, 1.165) is 10.6 Å². The van der Waals surface area contributed by atoms with Gasteiger partial charge in [0, 0.05) is 6.08 Å². The van der Waals surface area contributed by atoms with Crippen molar-refractivity contribution in [2.75, 3.05) is 0 Å². The summed E-state index contributed by atoms with van der Waals surface area (Å²) in [5, 5.41) is 6.24. The van der Waals surface area contributed by atoms with Gasteiger partial charge < -0.3 is 4.42 Å². The second-order valence-corrected chi connectivity index (χ2v) is 6.43. The van der Waals surface area contributed by atoms with Crippen LogP contribution in [0.1, 0.15) is 11.5 Å². The Morgan fingerprint density at radius 3 is 2.90 bits per heavy atom. The van der Waals surface area contributed by atoms with E-state index in [0.29, 0.717) is 21.1 Å². The van der Waals surface area contributed by atoms with Gasteiger partial charge in [-0.25, -0.2) is 0 Å². The largest absolute Gasteiger partial charge is 0.462 e. The summed E-state index contributed by atoms with van der Waals surface area (Å²) < 4.78 is 7.38. The number of rotatable bonds is 2. The highest BCUT2D eigenvalue weighted by Crippen LogP contribution is 2.21. The van der Waals surface area contributed by atoms with Gasteiger partial charge in [0.2, 0.25) is 4.96 Å². The number of hydrogen-bond acceptors (Lipinski definition) is 6. The van der Waals surface area contributed by atoms with Crippen LogP contribution >= 0.6 is 22.7 Å². The molecule has 21 heavy (non-hydrogen) atoms. The van der Waals surface area contributed by atoms with E-state index in [-0.39, 0.29) is 5.56 Å². The Hall–Kier alpha value is -2.25. The molecule has 0 unspecified atom stereocenters. The molecule has 4 aromatic rings. The van der Waals surface area contributed by atoms with E-state index in [4.69, 9.17) is 4.42 Å². The lowest BCUT2D eigenvalue weighted by atomic mass is 10.4. The number of furan rings is 1.